The second-order valence-corrected chi connectivity index (χ2v) is 3.71. The van der Waals surface area contributed by atoms with E-state index in [1.165, 1.54) is 11.1 Å². The van der Waals surface area contributed by atoms with Gasteiger partial charge in [-0.05, 0) is 28.4 Å². The molecule has 4 nitrogen and oxygen atoms in total. The van der Waals surface area contributed by atoms with Crippen LogP contribution in [0.5, 0.6) is 0 Å². The quantitative estimate of drug-likeness (QED) is 0.907. The molecule has 1 N–H and O–H groups in total. The summed E-state index contributed by atoms with van der Waals surface area (Å²) in [6.07, 6.45) is 2.98. The van der Waals surface area contributed by atoms with E-state index in [0.717, 1.165) is 10.9 Å². The van der Waals surface area contributed by atoms with Crippen LogP contribution in [-0.4, -0.2) is 22.7 Å². The average Bonchev–Trinajstić information content (AvgIpc) is 2.13. The molecule has 5 heteroatoms. The second kappa shape index (κ2) is 4.95. The van der Waals surface area contributed by atoms with Gasteiger partial charge < -0.3 is 5.11 Å². The van der Waals surface area contributed by atoms with Crippen LogP contribution in [0.3, 0.4) is 0 Å². The Morgan fingerprint density at radius 3 is 2.86 bits per heavy atom. The molecule has 1 aromatic heterocycles. The van der Waals surface area contributed by atoms with Crippen molar-refractivity contribution in [2.24, 2.45) is 0 Å². The van der Waals surface area contributed by atoms with Gasteiger partial charge >= 0.3 is 6.09 Å². The van der Waals surface area contributed by atoms with Gasteiger partial charge in [0.2, 0.25) is 0 Å². The van der Waals surface area contributed by atoms with Crippen LogP contribution in [-0.2, 0) is 0 Å². The normalized spacial score (nSPS) is 9.86. The fraction of sp³-hybridized carbons (Fsp3) is 0.333. The van der Waals surface area contributed by atoms with E-state index in [4.69, 9.17) is 5.11 Å². The van der Waals surface area contributed by atoms with Crippen molar-refractivity contribution in [1.29, 1.82) is 0 Å². The number of carboxylic acid groups (broad SMARTS) is 1. The van der Waals surface area contributed by atoms with Crippen LogP contribution in [0.4, 0.5) is 10.5 Å². The fourth-order valence-electron chi connectivity index (χ4n) is 1.11. The number of hydrogen-bond donors (Lipinski definition) is 1. The van der Waals surface area contributed by atoms with Gasteiger partial charge in [0, 0.05) is 17.2 Å². The van der Waals surface area contributed by atoms with Crippen LogP contribution in [0.25, 0.3) is 0 Å². The Kier molecular flexibility index (Phi) is 3.88. The molecule has 1 rings (SSSR count). The van der Waals surface area contributed by atoms with E-state index < -0.39 is 6.09 Å². The maximum atomic E-state index is 10.9. The van der Waals surface area contributed by atoms with E-state index in [1.54, 1.807) is 12.3 Å². The number of halogens is 1. The topological polar surface area (TPSA) is 53.4 Å². The Balaban J connectivity index is 2.93. The number of amides is 1. The first-order valence-corrected chi connectivity index (χ1v) is 5.05. The molecule has 14 heavy (non-hydrogen) atoms. The fourth-order valence-corrected chi connectivity index (χ4v) is 1.46. The molecule has 1 amide bonds. The van der Waals surface area contributed by atoms with Gasteiger partial charge in [0.25, 0.3) is 0 Å². The molecule has 76 valence electrons. The summed E-state index contributed by atoms with van der Waals surface area (Å²) in [7, 11) is 0. The highest BCUT2D eigenvalue weighted by Gasteiger charge is 2.13. The number of carbonyl (C=O) groups is 1. The zero-order chi connectivity index (χ0) is 10.6. The minimum absolute atomic E-state index is 0.480. The van der Waals surface area contributed by atoms with E-state index in [9.17, 15) is 4.79 Å². The van der Waals surface area contributed by atoms with E-state index in [2.05, 4.69) is 20.9 Å². The van der Waals surface area contributed by atoms with Gasteiger partial charge in [-0.15, -0.1) is 0 Å². The summed E-state index contributed by atoms with van der Waals surface area (Å²) in [6, 6.07) is 1.73. The number of pyridine rings is 1. The Morgan fingerprint density at radius 2 is 2.36 bits per heavy atom. The predicted molar refractivity (Wildman–Crippen MR) is 57.6 cm³/mol. The van der Waals surface area contributed by atoms with Crippen molar-refractivity contribution in [1.82, 2.24) is 4.98 Å². The van der Waals surface area contributed by atoms with Gasteiger partial charge in [-0.3, -0.25) is 9.88 Å². The number of anilines is 1. The summed E-state index contributed by atoms with van der Waals surface area (Å²) < 4.78 is 0.775. The number of hydrogen-bond acceptors (Lipinski definition) is 2. The third-order valence-corrected chi connectivity index (χ3v) is 2.11. The van der Waals surface area contributed by atoms with E-state index in [0.29, 0.717) is 12.2 Å². The molecule has 0 atom stereocenters. The number of rotatable bonds is 3. The monoisotopic (exact) mass is 258 g/mol. The molecule has 1 aromatic rings. The molecular formula is C9H11BrN2O2. The van der Waals surface area contributed by atoms with Crippen LogP contribution < -0.4 is 4.90 Å². The lowest BCUT2D eigenvalue weighted by atomic mass is 10.3. The first-order chi connectivity index (χ1) is 6.65. The van der Waals surface area contributed by atoms with Crippen molar-refractivity contribution < 1.29 is 9.90 Å². The van der Waals surface area contributed by atoms with E-state index >= 15 is 0 Å². The van der Waals surface area contributed by atoms with Gasteiger partial charge in [0.1, 0.15) is 0 Å². The average molecular weight is 259 g/mol. The standard InChI is InChI=1S/C9H11BrN2O2/c1-2-3-12(9(13)14)8-4-7(10)5-11-6-8/h4-6H,2-3H2,1H3,(H,13,14). The van der Waals surface area contributed by atoms with Gasteiger partial charge in [-0.2, -0.15) is 0 Å². The van der Waals surface area contributed by atoms with Gasteiger partial charge in [0.15, 0.2) is 0 Å². The first-order valence-electron chi connectivity index (χ1n) is 4.26. The SMILES string of the molecule is CCCN(C(=O)O)c1cncc(Br)c1. The zero-order valence-electron chi connectivity index (χ0n) is 7.77. The maximum Gasteiger partial charge on any atom is 0.411 e. The summed E-state index contributed by atoms with van der Waals surface area (Å²) in [5.74, 6) is 0. The Morgan fingerprint density at radius 1 is 1.64 bits per heavy atom. The first kappa shape index (κ1) is 11.0. The van der Waals surface area contributed by atoms with Gasteiger partial charge in [0.05, 0.1) is 11.9 Å². The van der Waals surface area contributed by atoms with Crippen molar-refractivity contribution in [2.75, 3.05) is 11.4 Å². The van der Waals surface area contributed by atoms with E-state index in [-0.39, 0.29) is 0 Å². The van der Waals surface area contributed by atoms with Crippen molar-refractivity contribution in [2.45, 2.75) is 13.3 Å². The molecule has 0 spiro atoms. The second-order valence-electron chi connectivity index (χ2n) is 2.80. The molecular weight excluding hydrogens is 248 g/mol. The largest absolute Gasteiger partial charge is 0.465 e. The van der Waals surface area contributed by atoms with Crippen LogP contribution in [0.15, 0.2) is 22.9 Å². The van der Waals surface area contributed by atoms with Crippen molar-refractivity contribution >= 4 is 27.7 Å². The summed E-state index contributed by atoms with van der Waals surface area (Å²) in [6.45, 7) is 2.41. The minimum atomic E-state index is -0.952. The Bertz CT molecular complexity index is 330. The smallest absolute Gasteiger partial charge is 0.411 e. The lowest BCUT2D eigenvalue weighted by Crippen LogP contribution is -2.29. The molecule has 0 aliphatic heterocycles. The third-order valence-electron chi connectivity index (χ3n) is 1.68. The molecule has 0 radical (unpaired) electrons. The molecule has 0 bridgehead atoms. The summed E-state index contributed by atoms with van der Waals surface area (Å²) >= 11 is 3.25. The molecule has 0 saturated heterocycles. The third kappa shape index (κ3) is 2.70. The molecule has 0 unspecified atom stereocenters. The van der Waals surface area contributed by atoms with Crippen LogP contribution >= 0.6 is 15.9 Å². The van der Waals surface area contributed by atoms with Gasteiger partial charge in [-0.25, -0.2) is 4.79 Å². The molecule has 1 heterocycles. The minimum Gasteiger partial charge on any atom is -0.465 e. The summed E-state index contributed by atoms with van der Waals surface area (Å²) in [5.41, 5.74) is 0.591. The highest BCUT2D eigenvalue weighted by Crippen LogP contribution is 2.18. The van der Waals surface area contributed by atoms with Gasteiger partial charge in [-0.1, -0.05) is 6.92 Å². The lowest BCUT2D eigenvalue weighted by molar-refractivity contribution is 0.202. The predicted octanol–water partition coefficient (Wildman–Crippen LogP) is 2.74. The van der Waals surface area contributed by atoms with Crippen LogP contribution in [0.2, 0.25) is 0 Å². The molecule has 0 saturated carbocycles. The maximum absolute atomic E-state index is 10.9. The molecule has 0 fully saturated rings. The van der Waals surface area contributed by atoms with Crippen molar-refractivity contribution in [3.8, 4) is 0 Å². The highest BCUT2D eigenvalue weighted by molar-refractivity contribution is 9.10. The molecule has 0 aliphatic carbocycles. The highest BCUT2D eigenvalue weighted by atomic mass is 79.9. The Hall–Kier alpha value is -1.10. The summed E-state index contributed by atoms with van der Waals surface area (Å²) in [5, 5.41) is 8.93. The van der Waals surface area contributed by atoms with Crippen molar-refractivity contribution in [3.63, 3.8) is 0 Å². The van der Waals surface area contributed by atoms with E-state index in [1.807, 2.05) is 6.92 Å². The van der Waals surface area contributed by atoms with Crippen LogP contribution in [0.1, 0.15) is 13.3 Å². The lowest BCUT2D eigenvalue weighted by Gasteiger charge is -2.17. The number of nitrogens with zero attached hydrogens (tertiary/aromatic N) is 2. The Labute approximate surface area is 90.7 Å². The number of aromatic nitrogens is 1. The zero-order valence-corrected chi connectivity index (χ0v) is 9.36. The van der Waals surface area contributed by atoms with Crippen LogP contribution in [0, 0.1) is 0 Å². The molecule has 0 aromatic carbocycles. The molecule has 0 aliphatic rings. The van der Waals surface area contributed by atoms with Crippen molar-refractivity contribution in [3.05, 3.63) is 22.9 Å². The summed E-state index contributed by atoms with van der Waals surface area (Å²) in [4.78, 5) is 16.1.